The predicted molar refractivity (Wildman–Crippen MR) is 82.4 cm³/mol. The molecule has 0 aliphatic carbocycles. The first-order valence-corrected chi connectivity index (χ1v) is 6.89. The summed E-state index contributed by atoms with van der Waals surface area (Å²) in [6.07, 6.45) is 0.930. The van der Waals surface area contributed by atoms with Gasteiger partial charge < -0.3 is 5.32 Å². The Kier molecular flexibility index (Phi) is 6.39. The molecular formula is C12H13Cl3N2S. The van der Waals surface area contributed by atoms with Crippen molar-refractivity contribution in [2.24, 2.45) is 0 Å². The van der Waals surface area contributed by atoms with E-state index in [2.05, 4.69) is 10.3 Å². The molecule has 1 N–H and O–H groups in total. The van der Waals surface area contributed by atoms with Crippen LogP contribution in [0.5, 0.6) is 0 Å². The van der Waals surface area contributed by atoms with Gasteiger partial charge in [-0.25, -0.2) is 4.98 Å². The van der Waals surface area contributed by atoms with Gasteiger partial charge in [0.2, 0.25) is 0 Å². The number of aromatic nitrogens is 1. The van der Waals surface area contributed by atoms with Gasteiger partial charge >= 0.3 is 0 Å². The molecule has 98 valence electrons. The molecule has 0 bridgehead atoms. The van der Waals surface area contributed by atoms with Gasteiger partial charge in [0.1, 0.15) is 0 Å². The van der Waals surface area contributed by atoms with Crippen LogP contribution in [0.2, 0.25) is 10.0 Å². The van der Waals surface area contributed by atoms with Crippen LogP contribution in [0.3, 0.4) is 0 Å². The Labute approximate surface area is 127 Å². The van der Waals surface area contributed by atoms with Crippen LogP contribution in [-0.2, 0) is 6.42 Å². The Morgan fingerprint density at radius 2 is 2.11 bits per heavy atom. The highest BCUT2D eigenvalue weighted by molar-refractivity contribution is 7.10. The number of halogens is 3. The molecule has 1 aromatic carbocycles. The summed E-state index contributed by atoms with van der Waals surface area (Å²) >= 11 is 13.8. The first-order chi connectivity index (χ1) is 8.22. The lowest BCUT2D eigenvalue weighted by Crippen LogP contribution is -2.09. The molecule has 0 saturated carbocycles. The summed E-state index contributed by atoms with van der Waals surface area (Å²) in [6, 6.07) is 5.60. The number of hydrogen-bond acceptors (Lipinski definition) is 3. The average molecular weight is 324 g/mol. The molecule has 0 aliphatic heterocycles. The third kappa shape index (κ3) is 3.59. The van der Waals surface area contributed by atoms with E-state index in [0.717, 1.165) is 29.2 Å². The van der Waals surface area contributed by atoms with Gasteiger partial charge in [0, 0.05) is 23.9 Å². The van der Waals surface area contributed by atoms with Crippen molar-refractivity contribution >= 4 is 46.9 Å². The zero-order valence-corrected chi connectivity index (χ0v) is 12.9. The van der Waals surface area contributed by atoms with Crippen LogP contribution >= 0.6 is 46.9 Å². The second kappa shape index (κ2) is 7.31. The fourth-order valence-electron chi connectivity index (χ4n) is 1.48. The second-order valence-electron chi connectivity index (χ2n) is 3.58. The van der Waals surface area contributed by atoms with Crippen molar-refractivity contribution in [1.82, 2.24) is 10.3 Å². The van der Waals surface area contributed by atoms with Crippen LogP contribution < -0.4 is 5.32 Å². The number of rotatable bonds is 4. The van der Waals surface area contributed by atoms with E-state index in [1.54, 1.807) is 17.4 Å². The maximum Gasteiger partial charge on any atom is 0.0945 e. The molecule has 0 spiro atoms. The van der Waals surface area contributed by atoms with Crippen LogP contribution in [0.25, 0.3) is 11.3 Å². The lowest BCUT2D eigenvalue weighted by atomic mass is 10.2. The molecule has 2 nitrogen and oxygen atoms in total. The van der Waals surface area contributed by atoms with E-state index in [9.17, 15) is 0 Å². The van der Waals surface area contributed by atoms with Crippen molar-refractivity contribution in [2.45, 2.75) is 6.42 Å². The molecule has 0 amide bonds. The van der Waals surface area contributed by atoms with Crippen LogP contribution in [0.15, 0.2) is 23.6 Å². The molecule has 0 atom stereocenters. The predicted octanol–water partition coefficient (Wildman–Crippen LogP) is 4.30. The number of nitrogens with one attached hydrogen (secondary N) is 1. The van der Waals surface area contributed by atoms with E-state index in [1.165, 1.54) is 0 Å². The van der Waals surface area contributed by atoms with Crippen molar-refractivity contribution in [2.75, 3.05) is 13.6 Å². The minimum absolute atomic E-state index is 0. The summed E-state index contributed by atoms with van der Waals surface area (Å²) in [5.41, 5.74) is 1.79. The second-order valence-corrected chi connectivity index (χ2v) is 5.31. The highest BCUT2D eigenvalue weighted by Gasteiger charge is 2.10. The number of nitrogens with zero attached hydrogens (tertiary/aromatic N) is 1. The van der Waals surface area contributed by atoms with Gasteiger partial charge in [0.05, 0.1) is 20.7 Å². The van der Waals surface area contributed by atoms with Crippen molar-refractivity contribution < 1.29 is 0 Å². The monoisotopic (exact) mass is 322 g/mol. The van der Waals surface area contributed by atoms with Gasteiger partial charge in [-0.2, -0.15) is 0 Å². The molecule has 1 aromatic heterocycles. The van der Waals surface area contributed by atoms with Crippen LogP contribution in [0.1, 0.15) is 5.01 Å². The van der Waals surface area contributed by atoms with Crippen molar-refractivity contribution in [3.63, 3.8) is 0 Å². The zero-order valence-electron chi connectivity index (χ0n) is 9.74. The van der Waals surface area contributed by atoms with E-state index in [0.29, 0.717) is 10.0 Å². The molecule has 0 unspecified atom stereocenters. The average Bonchev–Trinajstić information content (AvgIpc) is 2.78. The Bertz CT molecular complexity index is 514. The third-order valence-electron chi connectivity index (χ3n) is 2.37. The standard InChI is InChI=1S/C12H12Cl2N2S.ClH/c1-15-6-5-11-16-10(7-17-11)8-3-2-4-9(13)12(8)14;/h2-4,7,15H,5-6H2,1H3;1H. The third-order valence-corrected chi connectivity index (χ3v) is 4.10. The summed E-state index contributed by atoms with van der Waals surface area (Å²) in [6.45, 7) is 0.927. The topological polar surface area (TPSA) is 24.9 Å². The van der Waals surface area contributed by atoms with Crippen LogP contribution in [0, 0.1) is 0 Å². The molecule has 0 radical (unpaired) electrons. The van der Waals surface area contributed by atoms with E-state index in [1.807, 2.05) is 24.6 Å². The largest absolute Gasteiger partial charge is 0.319 e. The van der Waals surface area contributed by atoms with Crippen molar-refractivity contribution in [3.05, 3.63) is 38.6 Å². The number of thiazole rings is 1. The number of benzene rings is 1. The molecule has 1 heterocycles. The van der Waals surface area contributed by atoms with Gasteiger partial charge in [-0.15, -0.1) is 23.7 Å². The lowest BCUT2D eigenvalue weighted by Gasteiger charge is -2.01. The number of likely N-dealkylation sites (N-methyl/N-ethyl adjacent to an activating group) is 1. The van der Waals surface area contributed by atoms with Crippen molar-refractivity contribution in [3.8, 4) is 11.3 Å². The molecule has 0 saturated heterocycles. The summed E-state index contributed by atoms with van der Waals surface area (Å²) in [5.74, 6) is 0. The number of hydrogen-bond donors (Lipinski definition) is 1. The van der Waals surface area contributed by atoms with Gasteiger partial charge in [0.25, 0.3) is 0 Å². The quantitative estimate of drug-likeness (QED) is 0.907. The Balaban J connectivity index is 0.00000162. The molecule has 2 rings (SSSR count). The SMILES string of the molecule is CNCCc1nc(-c2cccc(Cl)c2Cl)cs1.Cl. The van der Waals surface area contributed by atoms with Crippen LogP contribution in [0.4, 0.5) is 0 Å². The summed E-state index contributed by atoms with van der Waals surface area (Å²) in [5, 5.41) is 7.36. The van der Waals surface area contributed by atoms with Gasteiger partial charge in [0.15, 0.2) is 0 Å². The molecule has 0 fully saturated rings. The fourth-order valence-corrected chi connectivity index (χ4v) is 2.68. The molecule has 18 heavy (non-hydrogen) atoms. The van der Waals surface area contributed by atoms with Gasteiger partial charge in [-0.05, 0) is 13.1 Å². The highest BCUT2D eigenvalue weighted by Crippen LogP contribution is 2.33. The summed E-state index contributed by atoms with van der Waals surface area (Å²) < 4.78 is 0. The first kappa shape index (κ1) is 15.7. The molecule has 0 aliphatic rings. The zero-order chi connectivity index (χ0) is 12.3. The first-order valence-electron chi connectivity index (χ1n) is 5.25. The summed E-state index contributed by atoms with van der Waals surface area (Å²) in [4.78, 5) is 4.56. The Morgan fingerprint density at radius 3 is 2.83 bits per heavy atom. The van der Waals surface area contributed by atoms with Gasteiger partial charge in [-0.3, -0.25) is 0 Å². The van der Waals surface area contributed by atoms with Crippen molar-refractivity contribution in [1.29, 1.82) is 0 Å². The molecule has 2 aromatic rings. The summed E-state index contributed by atoms with van der Waals surface area (Å²) in [7, 11) is 1.93. The van der Waals surface area contributed by atoms with Crippen LogP contribution in [-0.4, -0.2) is 18.6 Å². The van der Waals surface area contributed by atoms with E-state index in [-0.39, 0.29) is 12.4 Å². The minimum Gasteiger partial charge on any atom is -0.319 e. The normalized spacial score (nSPS) is 10.2. The minimum atomic E-state index is 0. The van der Waals surface area contributed by atoms with E-state index >= 15 is 0 Å². The fraction of sp³-hybridized carbons (Fsp3) is 0.250. The van der Waals surface area contributed by atoms with Gasteiger partial charge in [-0.1, -0.05) is 35.3 Å². The highest BCUT2D eigenvalue weighted by atomic mass is 35.5. The maximum absolute atomic E-state index is 6.16. The smallest absolute Gasteiger partial charge is 0.0945 e. The van der Waals surface area contributed by atoms with E-state index < -0.39 is 0 Å². The Morgan fingerprint density at radius 1 is 1.33 bits per heavy atom. The molecular weight excluding hydrogens is 311 g/mol. The Hall–Kier alpha value is -0.320. The van der Waals surface area contributed by atoms with E-state index in [4.69, 9.17) is 23.2 Å². The maximum atomic E-state index is 6.16. The molecule has 6 heteroatoms. The lowest BCUT2D eigenvalue weighted by molar-refractivity contribution is 0.788.